The predicted molar refractivity (Wildman–Crippen MR) is 112 cm³/mol. The van der Waals surface area contributed by atoms with Gasteiger partial charge < -0.3 is 15.4 Å². The fraction of sp³-hybridized carbons (Fsp3) is 0.409. The Labute approximate surface area is 188 Å². The number of halogens is 4. The lowest BCUT2D eigenvalue weighted by Crippen LogP contribution is -2.42. The number of nitrogens with one attached hydrogen (secondary N) is 2. The second-order valence-corrected chi connectivity index (χ2v) is 7.99. The molecule has 0 atom stereocenters. The molecular weight excluding hydrogens is 447 g/mol. The van der Waals surface area contributed by atoms with Gasteiger partial charge in [-0.2, -0.15) is 0 Å². The van der Waals surface area contributed by atoms with Crippen molar-refractivity contribution in [2.24, 2.45) is 5.92 Å². The number of hydrogen-bond donors (Lipinski definition) is 2. The number of carbonyl (C=O) groups is 2. The van der Waals surface area contributed by atoms with Crippen LogP contribution in [0.4, 0.5) is 13.2 Å². The Hall–Kier alpha value is -2.81. The van der Waals surface area contributed by atoms with Crippen molar-refractivity contribution in [1.29, 1.82) is 0 Å². The molecule has 0 saturated heterocycles. The van der Waals surface area contributed by atoms with Crippen LogP contribution in [-0.2, 0) is 16.1 Å². The van der Waals surface area contributed by atoms with Crippen molar-refractivity contribution in [3.63, 3.8) is 0 Å². The van der Waals surface area contributed by atoms with Crippen LogP contribution in [0.2, 0.25) is 5.02 Å². The van der Waals surface area contributed by atoms with Crippen LogP contribution >= 0.6 is 11.6 Å². The Morgan fingerprint density at radius 2 is 1.91 bits per heavy atom. The van der Waals surface area contributed by atoms with Crippen LogP contribution in [0.1, 0.15) is 43.4 Å². The summed E-state index contributed by atoms with van der Waals surface area (Å²) in [7, 11) is 0. The van der Waals surface area contributed by atoms with E-state index >= 15 is 0 Å². The highest BCUT2D eigenvalue weighted by molar-refractivity contribution is 6.30. The first-order chi connectivity index (χ1) is 15.3. The summed E-state index contributed by atoms with van der Waals surface area (Å²) < 4.78 is 43.8. The van der Waals surface area contributed by atoms with Gasteiger partial charge in [0.25, 0.3) is 12.3 Å². The van der Waals surface area contributed by atoms with E-state index in [4.69, 9.17) is 16.3 Å². The zero-order valence-corrected chi connectivity index (χ0v) is 17.9. The zero-order valence-electron chi connectivity index (χ0n) is 17.1. The fourth-order valence-corrected chi connectivity index (χ4v) is 3.59. The molecule has 172 valence electrons. The van der Waals surface area contributed by atoms with Gasteiger partial charge in [0.1, 0.15) is 11.6 Å². The number of ether oxygens (including phenoxy) is 1. The number of alkyl halides is 2. The summed E-state index contributed by atoms with van der Waals surface area (Å²) in [5.41, 5.74) is 0.343. The van der Waals surface area contributed by atoms with Crippen LogP contribution in [0.3, 0.4) is 0 Å². The quantitative estimate of drug-likeness (QED) is 0.607. The van der Waals surface area contributed by atoms with Crippen LogP contribution < -0.4 is 15.4 Å². The van der Waals surface area contributed by atoms with Crippen LogP contribution in [-0.4, -0.2) is 29.4 Å². The minimum absolute atomic E-state index is 0.0245. The molecule has 1 fully saturated rings. The van der Waals surface area contributed by atoms with Crippen molar-refractivity contribution in [1.82, 2.24) is 15.6 Å². The molecular formula is C22H23ClF3N3O3. The molecule has 2 aromatic rings. The van der Waals surface area contributed by atoms with Gasteiger partial charge in [0.15, 0.2) is 6.61 Å². The Bertz CT molecular complexity index is 936. The maximum absolute atomic E-state index is 13.4. The Kier molecular flexibility index (Phi) is 8.33. The Morgan fingerprint density at radius 1 is 1.16 bits per heavy atom. The maximum Gasteiger partial charge on any atom is 0.265 e. The van der Waals surface area contributed by atoms with Gasteiger partial charge in [-0.25, -0.2) is 13.2 Å². The first-order valence-corrected chi connectivity index (χ1v) is 10.6. The van der Waals surface area contributed by atoms with Crippen molar-refractivity contribution in [3.8, 4) is 5.75 Å². The van der Waals surface area contributed by atoms with Gasteiger partial charge in [-0.05, 0) is 49.9 Å². The first kappa shape index (κ1) is 23.8. The van der Waals surface area contributed by atoms with Crippen LogP contribution in [0.15, 0.2) is 36.5 Å². The molecule has 3 rings (SSSR count). The van der Waals surface area contributed by atoms with E-state index in [1.54, 1.807) is 0 Å². The fourth-order valence-electron chi connectivity index (χ4n) is 3.48. The molecule has 0 radical (unpaired) electrons. The highest BCUT2D eigenvalue weighted by Crippen LogP contribution is 2.25. The van der Waals surface area contributed by atoms with Gasteiger partial charge in [0.2, 0.25) is 5.91 Å². The number of amides is 2. The van der Waals surface area contributed by atoms with Gasteiger partial charge >= 0.3 is 0 Å². The minimum atomic E-state index is -2.58. The van der Waals surface area contributed by atoms with Crippen LogP contribution in [0.5, 0.6) is 5.75 Å². The monoisotopic (exact) mass is 469 g/mol. The largest absolute Gasteiger partial charge is 0.484 e. The van der Waals surface area contributed by atoms with Crippen molar-refractivity contribution in [3.05, 3.63) is 58.6 Å². The number of nitrogens with zero attached hydrogens (tertiary/aromatic N) is 1. The maximum atomic E-state index is 13.4. The van der Waals surface area contributed by atoms with Crippen LogP contribution in [0.25, 0.3) is 0 Å². The number of benzene rings is 1. The molecule has 0 bridgehead atoms. The summed E-state index contributed by atoms with van der Waals surface area (Å²) in [5.74, 6) is -1.05. The number of carbonyl (C=O) groups excluding carboxylic acids is 2. The molecule has 1 heterocycles. The van der Waals surface area contributed by atoms with E-state index < -0.39 is 12.2 Å². The predicted octanol–water partition coefficient (Wildman–Crippen LogP) is 4.18. The Morgan fingerprint density at radius 3 is 2.53 bits per heavy atom. The molecule has 0 aliphatic heterocycles. The standard InChI is InChI=1S/C22H23ClF3N3O3/c23-18-8-7-17(9-19(18)24)32-12-20(30)29-15-4-1-13(2-5-15)22(31)28-11-16-6-3-14(10-27-16)21(25)26/h3,6-10,13,15,21H,1-2,4-5,11-12H2,(H,28,31)(H,29,30)/t13-,15-. The summed E-state index contributed by atoms with van der Waals surface area (Å²) in [5, 5.41) is 5.62. The van der Waals surface area contributed by atoms with Gasteiger partial charge in [-0.15, -0.1) is 0 Å². The third-order valence-electron chi connectivity index (χ3n) is 5.27. The molecule has 2 N–H and O–H groups in total. The lowest BCUT2D eigenvalue weighted by molar-refractivity contribution is -0.126. The average molecular weight is 470 g/mol. The molecule has 1 aliphatic rings. The summed E-state index contributed by atoms with van der Waals surface area (Å²) in [6.07, 6.45) is 1.03. The molecule has 10 heteroatoms. The van der Waals surface area contributed by atoms with Crippen LogP contribution in [0, 0.1) is 11.7 Å². The second kappa shape index (κ2) is 11.2. The number of hydrogen-bond acceptors (Lipinski definition) is 4. The van der Waals surface area contributed by atoms with Crippen molar-refractivity contribution in [2.75, 3.05) is 6.61 Å². The lowest BCUT2D eigenvalue weighted by Gasteiger charge is -2.28. The molecule has 1 aromatic carbocycles. The highest BCUT2D eigenvalue weighted by atomic mass is 35.5. The number of rotatable bonds is 8. The van der Waals surface area contributed by atoms with E-state index in [-0.39, 0.29) is 53.3 Å². The SMILES string of the molecule is O=C(COc1ccc(Cl)c(F)c1)N[C@H]1CC[C@H](C(=O)NCc2ccc(C(F)F)cn2)CC1. The number of aromatic nitrogens is 1. The molecule has 1 aromatic heterocycles. The van der Waals surface area contributed by atoms with E-state index in [0.29, 0.717) is 31.4 Å². The third kappa shape index (κ3) is 6.85. The smallest absolute Gasteiger partial charge is 0.265 e. The van der Waals surface area contributed by atoms with Crippen molar-refractivity contribution < 1.29 is 27.5 Å². The molecule has 32 heavy (non-hydrogen) atoms. The second-order valence-electron chi connectivity index (χ2n) is 7.58. The van der Waals surface area contributed by atoms with Crippen molar-refractivity contribution >= 4 is 23.4 Å². The third-order valence-corrected chi connectivity index (χ3v) is 5.57. The first-order valence-electron chi connectivity index (χ1n) is 10.2. The molecule has 1 aliphatic carbocycles. The van der Waals surface area contributed by atoms with Gasteiger partial charge in [-0.1, -0.05) is 11.6 Å². The van der Waals surface area contributed by atoms with E-state index in [9.17, 15) is 22.8 Å². The highest BCUT2D eigenvalue weighted by Gasteiger charge is 2.27. The Balaban J connectivity index is 1.36. The number of pyridine rings is 1. The van der Waals surface area contributed by atoms with Gasteiger partial charge in [-0.3, -0.25) is 14.6 Å². The van der Waals surface area contributed by atoms with E-state index in [0.717, 1.165) is 12.3 Å². The molecule has 6 nitrogen and oxygen atoms in total. The summed E-state index contributed by atoms with van der Waals surface area (Å²) >= 11 is 5.61. The summed E-state index contributed by atoms with van der Waals surface area (Å²) in [6.45, 7) is -0.0829. The molecule has 0 spiro atoms. The van der Waals surface area contributed by atoms with Crippen molar-refractivity contribution in [2.45, 2.75) is 44.7 Å². The minimum Gasteiger partial charge on any atom is -0.484 e. The topological polar surface area (TPSA) is 80.3 Å². The van der Waals surface area contributed by atoms with E-state index in [2.05, 4.69) is 15.6 Å². The van der Waals surface area contributed by atoms with Gasteiger partial charge in [0, 0.05) is 29.8 Å². The van der Waals surface area contributed by atoms with E-state index in [1.807, 2.05) is 0 Å². The lowest BCUT2D eigenvalue weighted by atomic mass is 9.85. The van der Waals surface area contributed by atoms with E-state index in [1.165, 1.54) is 24.3 Å². The zero-order chi connectivity index (χ0) is 23.1. The molecule has 0 unspecified atom stereocenters. The summed E-state index contributed by atoms with van der Waals surface area (Å²) in [4.78, 5) is 28.4. The van der Waals surface area contributed by atoms with Gasteiger partial charge in [0.05, 0.1) is 17.3 Å². The average Bonchev–Trinajstić information content (AvgIpc) is 2.79. The molecule has 2 amide bonds. The molecule has 1 saturated carbocycles. The normalized spacial score (nSPS) is 18.3. The summed E-state index contributed by atoms with van der Waals surface area (Å²) in [6, 6.07) is 6.63.